The number of nitrogens with one attached hydrogen (secondary N) is 1. The number of anilines is 1. The van der Waals surface area contributed by atoms with Gasteiger partial charge in [0, 0.05) is 10.7 Å². The van der Waals surface area contributed by atoms with Crippen molar-refractivity contribution in [2.45, 2.75) is 17.5 Å². The molecule has 2 aromatic carbocycles. The summed E-state index contributed by atoms with van der Waals surface area (Å²) in [7, 11) is -4.38. The number of nitrogens with zero attached hydrogens (tertiary/aromatic N) is 1. The van der Waals surface area contributed by atoms with Gasteiger partial charge in [0.05, 0.1) is 11.1 Å². The number of thiazole rings is 1. The first-order valence-corrected chi connectivity index (χ1v) is 10.3. The van der Waals surface area contributed by atoms with E-state index in [4.69, 9.17) is 16.7 Å². The molecule has 0 aliphatic heterocycles. The van der Waals surface area contributed by atoms with Gasteiger partial charge in [-0.1, -0.05) is 29.8 Å². The number of rotatable bonds is 4. The largest absolute Gasteiger partial charge is 0.443 e. The maximum atomic E-state index is 12.9. The van der Waals surface area contributed by atoms with E-state index in [0.717, 1.165) is 6.07 Å². The Labute approximate surface area is 166 Å². The van der Waals surface area contributed by atoms with Crippen molar-refractivity contribution in [1.29, 1.82) is 0 Å². The summed E-state index contributed by atoms with van der Waals surface area (Å²) >= 11 is 6.24. The summed E-state index contributed by atoms with van der Waals surface area (Å²) in [6.45, 7) is 0. The van der Waals surface area contributed by atoms with Crippen LogP contribution in [0.25, 0.3) is 10.2 Å². The second-order valence-electron chi connectivity index (χ2n) is 5.70. The van der Waals surface area contributed by atoms with Crippen molar-refractivity contribution >= 4 is 54.8 Å². The number of fused-ring (bicyclic) bond motifs is 1. The Morgan fingerprint density at radius 3 is 2.54 bits per heavy atom. The fraction of sp³-hybridized carbons (Fsp3) is 0.125. The highest BCUT2D eigenvalue weighted by Crippen LogP contribution is 2.38. The lowest BCUT2D eigenvalue weighted by atomic mass is 10.1. The summed E-state index contributed by atoms with van der Waals surface area (Å²) in [5.74, 6) is -0.534. The van der Waals surface area contributed by atoms with Gasteiger partial charge in [-0.3, -0.25) is 4.79 Å². The first kappa shape index (κ1) is 20.5. The van der Waals surface area contributed by atoms with Crippen LogP contribution in [0.5, 0.6) is 0 Å². The van der Waals surface area contributed by atoms with E-state index >= 15 is 0 Å². The molecule has 0 aliphatic rings. The Hall–Kier alpha value is -2.21. The molecule has 0 atom stereocenters. The van der Waals surface area contributed by atoms with Gasteiger partial charge in [-0.2, -0.15) is 13.2 Å². The molecule has 1 amide bonds. The molecule has 3 N–H and O–H groups in total. The fourth-order valence-electron chi connectivity index (χ4n) is 2.43. The smallest absolute Gasteiger partial charge is 0.326 e. The summed E-state index contributed by atoms with van der Waals surface area (Å²) in [5.41, 5.74) is 0.112. The lowest BCUT2D eigenvalue weighted by Crippen LogP contribution is -2.17. The van der Waals surface area contributed by atoms with E-state index in [1.165, 1.54) is 6.07 Å². The van der Waals surface area contributed by atoms with Crippen LogP contribution in [-0.2, 0) is 27.4 Å². The maximum Gasteiger partial charge on any atom is 0.443 e. The molecule has 0 fully saturated rings. The Morgan fingerprint density at radius 2 is 1.93 bits per heavy atom. The van der Waals surface area contributed by atoms with Crippen molar-refractivity contribution in [3.8, 4) is 0 Å². The third kappa shape index (κ3) is 4.43. The number of sulfonamides is 1. The molecule has 3 rings (SSSR count). The van der Waals surface area contributed by atoms with Gasteiger partial charge in [-0.25, -0.2) is 18.5 Å². The molecular formula is C16H11ClF3N3O3S2. The van der Waals surface area contributed by atoms with E-state index in [0.29, 0.717) is 10.6 Å². The van der Waals surface area contributed by atoms with Crippen LogP contribution >= 0.6 is 22.9 Å². The molecule has 3 aromatic rings. The zero-order chi connectivity index (χ0) is 20.7. The Kier molecular flexibility index (Phi) is 5.36. The second kappa shape index (κ2) is 7.32. The number of hydrogen-bond acceptors (Lipinski definition) is 5. The summed E-state index contributed by atoms with van der Waals surface area (Å²) in [5, 5.41) is 6.72. The highest BCUT2D eigenvalue weighted by molar-refractivity contribution is 7.89. The number of benzene rings is 2. The molecule has 0 saturated heterocycles. The van der Waals surface area contributed by atoms with Gasteiger partial charge in [0.15, 0.2) is 5.01 Å². The van der Waals surface area contributed by atoms with Gasteiger partial charge < -0.3 is 5.32 Å². The van der Waals surface area contributed by atoms with E-state index in [2.05, 4.69) is 10.3 Å². The van der Waals surface area contributed by atoms with Gasteiger partial charge in [-0.05, 0) is 23.8 Å². The highest BCUT2D eigenvalue weighted by atomic mass is 35.5. The van der Waals surface area contributed by atoms with Gasteiger partial charge in [-0.15, -0.1) is 11.3 Å². The maximum absolute atomic E-state index is 12.9. The number of halogens is 4. The summed E-state index contributed by atoms with van der Waals surface area (Å²) in [6.07, 6.45) is -4.86. The third-order valence-corrected chi connectivity index (χ3v) is 5.94. The minimum absolute atomic E-state index is 0.0223. The van der Waals surface area contributed by atoms with E-state index in [-0.39, 0.29) is 28.1 Å². The second-order valence-corrected chi connectivity index (χ2v) is 8.67. The number of alkyl halides is 3. The molecule has 12 heteroatoms. The molecule has 0 unspecified atom stereocenters. The zero-order valence-electron chi connectivity index (χ0n) is 13.7. The quantitative estimate of drug-likeness (QED) is 0.632. The molecule has 1 heterocycles. The SMILES string of the molecule is NS(=O)(=O)c1cc(NC(=O)Cc2ccccc2Cl)cc2sc(C(F)(F)F)nc12. The van der Waals surface area contributed by atoms with Crippen LogP contribution in [0.1, 0.15) is 10.6 Å². The number of aromatic nitrogens is 1. The molecule has 0 saturated carbocycles. The Morgan fingerprint density at radius 1 is 1.25 bits per heavy atom. The monoisotopic (exact) mass is 449 g/mol. The van der Waals surface area contributed by atoms with Crippen LogP contribution < -0.4 is 10.5 Å². The van der Waals surface area contributed by atoms with Gasteiger partial charge >= 0.3 is 6.18 Å². The summed E-state index contributed by atoms with van der Waals surface area (Å²) in [4.78, 5) is 15.0. The third-order valence-electron chi connectivity index (χ3n) is 3.60. The van der Waals surface area contributed by atoms with Crippen molar-refractivity contribution in [3.63, 3.8) is 0 Å². The lowest BCUT2D eigenvalue weighted by molar-refractivity contribution is -0.137. The minimum Gasteiger partial charge on any atom is -0.326 e. The number of carbonyl (C=O) groups is 1. The normalized spacial score (nSPS) is 12.3. The van der Waals surface area contributed by atoms with Crippen molar-refractivity contribution in [3.05, 3.63) is 52.0 Å². The minimum atomic E-state index is -4.74. The van der Waals surface area contributed by atoms with Gasteiger partial charge in [0.25, 0.3) is 0 Å². The highest BCUT2D eigenvalue weighted by Gasteiger charge is 2.36. The molecule has 28 heavy (non-hydrogen) atoms. The zero-order valence-corrected chi connectivity index (χ0v) is 16.1. The van der Waals surface area contributed by atoms with Gasteiger partial charge in [0.2, 0.25) is 15.9 Å². The molecule has 0 spiro atoms. The van der Waals surface area contributed by atoms with E-state index < -0.39 is 37.5 Å². The van der Waals surface area contributed by atoms with Crippen LogP contribution in [0.15, 0.2) is 41.3 Å². The van der Waals surface area contributed by atoms with Crippen LogP contribution in [0.2, 0.25) is 5.02 Å². The standard InChI is InChI=1S/C16H11ClF3N3O3S2/c17-10-4-2-1-3-8(10)5-13(24)22-9-6-11-14(12(7-9)28(21,25)26)23-15(27-11)16(18,19)20/h1-4,6-7H,5H2,(H,22,24)(H2,21,25,26). The average Bonchev–Trinajstić information content (AvgIpc) is 2.99. The molecular weight excluding hydrogens is 439 g/mol. The topological polar surface area (TPSA) is 102 Å². The number of carbonyl (C=O) groups excluding carboxylic acids is 1. The first-order valence-electron chi connectivity index (χ1n) is 7.53. The van der Waals surface area contributed by atoms with E-state index in [1.807, 2.05) is 0 Å². The van der Waals surface area contributed by atoms with Gasteiger partial charge in [0.1, 0.15) is 10.4 Å². The van der Waals surface area contributed by atoms with Crippen LogP contribution in [0.4, 0.5) is 18.9 Å². The molecule has 1 aromatic heterocycles. The molecule has 0 radical (unpaired) electrons. The number of hydrogen-bond donors (Lipinski definition) is 2. The lowest BCUT2D eigenvalue weighted by Gasteiger charge is -2.08. The number of nitrogens with two attached hydrogens (primary N) is 1. The van der Waals surface area contributed by atoms with Crippen molar-refractivity contribution in [2.75, 3.05) is 5.32 Å². The summed E-state index contributed by atoms with van der Waals surface area (Å²) in [6, 6.07) is 8.81. The fourth-order valence-corrected chi connectivity index (χ4v) is 4.31. The van der Waals surface area contributed by atoms with Crippen LogP contribution in [0.3, 0.4) is 0 Å². The van der Waals surface area contributed by atoms with Crippen LogP contribution in [-0.4, -0.2) is 19.3 Å². The number of amides is 1. The van der Waals surface area contributed by atoms with E-state index in [9.17, 15) is 26.4 Å². The Balaban J connectivity index is 1.99. The Bertz CT molecular complexity index is 1180. The molecule has 6 nitrogen and oxygen atoms in total. The van der Waals surface area contributed by atoms with Crippen molar-refractivity contribution in [1.82, 2.24) is 4.98 Å². The predicted octanol–water partition coefficient (Wildman–Crippen LogP) is 3.80. The van der Waals surface area contributed by atoms with Crippen molar-refractivity contribution < 1.29 is 26.4 Å². The molecule has 0 bridgehead atoms. The molecule has 148 valence electrons. The van der Waals surface area contributed by atoms with Crippen molar-refractivity contribution in [2.24, 2.45) is 5.14 Å². The summed E-state index contributed by atoms with van der Waals surface area (Å²) < 4.78 is 62.3. The predicted molar refractivity (Wildman–Crippen MR) is 99.8 cm³/mol. The van der Waals surface area contributed by atoms with E-state index in [1.54, 1.807) is 24.3 Å². The first-order chi connectivity index (χ1) is 12.9. The van der Waals surface area contributed by atoms with Crippen LogP contribution in [0, 0.1) is 0 Å². The number of primary sulfonamides is 1. The average molecular weight is 450 g/mol. The molecule has 0 aliphatic carbocycles.